The van der Waals surface area contributed by atoms with Crippen LogP contribution < -0.4 is 0 Å². The van der Waals surface area contributed by atoms with Crippen molar-refractivity contribution in [1.82, 2.24) is 0 Å². The predicted molar refractivity (Wildman–Crippen MR) is 50.6 cm³/mol. The third-order valence-corrected chi connectivity index (χ3v) is 3.06. The lowest BCUT2D eigenvalue weighted by atomic mass is 9.67. The van der Waals surface area contributed by atoms with Crippen molar-refractivity contribution >= 4 is 0 Å². The summed E-state index contributed by atoms with van der Waals surface area (Å²) in [5, 5.41) is 0. The first-order valence-electron chi connectivity index (χ1n) is 5.03. The zero-order chi connectivity index (χ0) is 8.48. The number of hydrogen-bond donors (Lipinski definition) is 0. The Morgan fingerprint density at radius 1 is 1.27 bits per heavy atom. The minimum absolute atomic E-state index is 0.623. The van der Waals surface area contributed by atoms with Crippen LogP contribution in [-0.2, 0) is 0 Å². The van der Waals surface area contributed by atoms with Crippen molar-refractivity contribution in [2.75, 3.05) is 0 Å². The molecule has 0 amide bonds. The summed E-state index contributed by atoms with van der Waals surface area (Å²) in [6.07, 6.45) is 5.74. The van der Waals surface area contributed by atoms with Crippen molar-refractivity contribution in [2.24, 2.45) is 17.3 Å². The quantitative estimate of drug-likeness (QED) is 0.538. The van der Waals surface area contributed by atoms with Crippen LogP contribution in [0.15, 0.2) is 0 Å². The zero-order valence-corrected chi connectivity index (χ0v) is 8.48. The van der Waals surface area contributed by atoms with Crippen molar-refractivity contribution in [3.05, 3.63) is 0 Å². The van der Waals surface area contributed by atoms with E-state index in [1.165, 1.54) is 25.7 Å². The minimum atomic E-state index is 0.623. The van der Waals surface area contributed by atoms with E-state index in [9.17, 15) is 0 Å². The van der Waals surface area contributed by atoms with Crippen LogP contribution in [-0.4, -0.2) is 0 Å². The van der Waals surface area contributed by atoms with E-state index in [1.807, 2.05) is 0 Å². The fourth-order valence-electron chi connectivity index (χ4n) is 2.85. The maximum atomic E-state index is 2.42. The van der Waals surface area contributed by atoms with E-state index in [4.69, 9.17) is 0 Å². The summed E-state index contributed by atoms with van der Waals surface area (Å²) in [4.78, 5) is 0. The maximum absolute atomic E-state index is 2.42. The van der Waals surface area contributed by atoms with Crippen LogP contribution in [0.25, 0.3) is 0 Å². The first-order valence-corrected chi connectivity index (χ1v) is 5.03. The highest BCUT2D eigenvalue weighted by Crippen LogP contribution is 2.42. The van der Waals surface area contributed by atoms with Gasteiger partial charge in [0, 0.05) is 0 Å². The molecule has 1 saturated carbocycles. The predicted octanol–water partition coefficient (Wildman–Crippen LogP) is 3.86. The molecule has 0 unspecified atom stereocenters. The molecule has 1 fully saturated rings. The molecule has 0 radical (unpaired) electrons. The normalized spacial score (nSPS) is 37.1. The Morgan fingerprint density at radius 3 is 2.36 bits per heavy atom. The molecule has 1 aliphatic rings. The molecule has 0 saturated heterocycles. The molecule has 0 nitrogen and oxygen atoms in total. The molecule has 0 aliphatic heterocycles. The SMILES string of the molecule is CC[C@H]1C[C@@H](C)CC(C)(C)C1. The smallest absolute Gasteiger partial charge is 0.0349 e. The Hall–Kier alpha value is 0. The van der Waals surface area contributed by atoms with Crippen LogP contribution in [0, 0.1) is 17.3 Å². The van der Waals surface area contributed by atoms with Crippen LogP contribution in [0.2, 0.25) is 0 Å². The third-order valence-electron chi connectivity index (χ3n) is 3.06. The Morgan fingerprint density at radius 2 is 1.91 bits per heavy atom. The second-order valence-corrected chi connectivity index (χ2v) is 5.19. The fraction of sp³-hybridized carbons (Fsp3) is 1.00. The molecule has 1 aliphatic carbocycles. The first-order chi connectivity index (χ1) is 5.03. The molecule has 0 spiro atoms. The average molecular weight is 154 g/mol. The van der Waals surface area contributed by atoms with Crippen LogP contribution in [0.4, 0.5) is 0 Å². The Kier molecular flexibility index (Phi) is 2.61. The molecular formula is C11H22. The third kappa shape index (κ3) is 2.50. The molecule has 0 heteroatoms. The van der Waals surface area contributed by atoms with Gasteiger partial charge in [0.1, 0.15) is 0 Å². The van der Waals surface area contributed by atoms with Crippen LogP contribution in [0.1, 0.15) is 53.4 Å². The van der Waals surface area contributed by atoms with Crippen molar-refractivity contribution in [2.45, 2.75) is 53.4 Å². The molecule has 0 N–H and O–H groups in total. The van der Waals surface area contributed by atoms with E-state index >= 15 is 0 Å². The van der Waals surface area contributed by atoms with E-state index in [1.54, 1.807) is 0 Å². The van der Waals surface area contributed by atoms with Crippen LogP contribution in [0.5, 0.6) is 0 Å². The van der Waals surface area contributed by atoms with Gasteiger partial charge in [0.25, 0.3) is 0 Å². The van der Waals surface area contributed by atoms with Gasteiger partial charge in [0.15, 0.2) is 0 Å². The lowest BCUT2D eigenvalue weighted by Gasteiger charge is -2.38. The summed E-state index contributed by atoms with van der Waals surface area (Å²) in [5.41, 5.74) is 0.623. The lowest BCUT2D eigenvalue weighted by molar-refractivity contribution is 0.130. The summed E-state index contributed by atoms with van der Waals surface area (Å²) in [5.74, 6) is 1.97. The van der Waals surface area contributed by atoms with Gasteiger partial charge in [0.05, 0.1) is 0 Å². The van der Waals surface area contributed by atoms with Crippen molar-refractivity contribution in [1.29, 1.82) is 0 Å². The summed E-state index contributed by atoms with van der Waals surface area (Å²) in [6, 6.07) is 0. The fourth-order valence-corrected chi connectivity index (χ4v) is 2.85. The molecule has 0 aromatic heterocycles. The Bertz CT molecular complexity index is 124. The second-order valence-electron chi connectivity index (χ2n) is 5.19. The molecular weight excluding hydrogens is 132 g/mol. The lowest BCUT2D eigenvalue weighted by Crippen LogP contribution is -2.27. The largest absolute Gasteiger partial charge is 0.0651 e. The van der Waals surface area contributed by atoms with Gasteiger partial charge in [-0.05, 0) is 36.5 Å². The molecule has 0 aromatic carbocycles. The van der Waals surface area contributed by atoms with Gasteiger partial charge in [-0.15, -0.1) is 0 Å². The number of hydrogen-bond acceptors (Lipinski definition) is 0. The van der Waals surface area contributed by atoms with Gasteiger partial charge >= 0.3 is 0 Å². The summed E-state index contributed by atoms with van der Waals surface area (Å²) in [6.45, 7) is 9.58. The van der Waals surface area contributed by atoms with E-state index in [-0.39, 0.29) is 0 Å². The van der Waals surface area contributed by atoms with Crippen molar-refractivity contribution < 1.29 is 0 Å². The molecule has 2 atom stereocenters. The summed E-state index contributed by atoms with van der Waals surface area (Å²) < 4.78 is 0. The highest BCUT2D eigenvalue weighted by atomic mass is 14.4. The minimum Gasteiger partial charge on any atom is -0.0651 e. The summed E-state index contributed by atoms with van der Waals surface area (Å²) >= 11 is 0. The molecule has 0 heterocycles. The first kappa shape index (κ1) is 9.09. The highest BCUT2D eigenvalue weighted by molar-refractivity contribution is 4.81. The van der Waals surface area contributed by atoms with E-state index in [2.05, 4.69) is 27.7 Å². The maximum Gasteiger partial charge on any atom is -0.0349 e. The molecule has 1 rings (SSSR count). The Balaban J connectivity index is 2.51. The van der Waals surface area contributed by atoms with Gasteiger partial charge in [0.2, 0.25) is 0 Å². The molecule has 66 valence electrons. The van der Waals surface area contributed by atoms with E-state index in [0.717, 1.165) is 11.8 Å². The molecule has 0 aromatic rings. The summed E-state index contributed by atoms with van der Waals surface area (Å²) in [7, 11) is 0. The van der Waals surface area contributed by atoms with Gasteiger partial charge < -0.3 is 0 Å². The molecule has 0 bridgehead atoms. The van der Waals surface area contributed by atoms with E-state index < -0.39 is 0 Å². The van der Waals surface area contributed by atoms with Gasteiger partial charge in [-0.2, -0.15) is 0 Å². The second kappa shape index (κ2) is 3.16. The standard InChI is InChI=1S/C11H22/c1-5-10-6-9(2)7-11(3,4)8-10/h9-10H,5-8H2,1-4H3/t9-,10+/m1/s1. The van der Waals surface area contributed by atoms with E-state index in [0.29, 0.717) is 5.41 Å². The topological polar surface area (TPSA) is 0 Å². The Labute approximate surface area is 71.4 Å². The monoisotopic (exact) mass is 154 g/mol. The van der Waals surface area contributed by atoms with Crippen LogP contribution >= 0.6 is 0 Å². The average Bonchev–Trinajstić information content (AvgIpc) is 1.83. The molecule has 11 heavy (non-hydrogen) atoms. The van der Waals surface area contributed by atoms with Crippen molar-refractivity contribution in [3.63, 3.8) is 0 Å². The van der Waals surface area contributed by atoms with Crippen molar-refractivity contribution in [3.8, 4) is 0 Å². The highest BCUT2D eigenvalue weighted by Gasteiger charge is 2.30. The zero-order valence-electron chi connectivity index (χ0n) is 8.48. The van der Waals surface area contributed by atoms with Gasteiger partial charge in [-0.3, -0.25) is 0 Å². The van der Waals surface area contributed by atoms with Crippen LogP contribution in [0.3, 0.4) is 0 Å². The van der Waals surface area contributed by atoms with Gasteiger partial charge in [-0.1, -0.05) is 34.1 Å². The number of rotatable bonds is 1. The van der Waals surface area contributed by atoms with Gasteiger partial charge in [-0.25, -0.2) is 0 Å².